The van der Waals surface area contributed by atoms with Crippen LogP contribution in [0.4, 0.5) is 5.69 Å². The number of nitrogens with two attached hydrogens (primary N) is 1. The Kier molecular flexibility index (Phi) is 4.53. The standard InChI is InChI=1S/C14H20N2OS/c1-10-4-6-12(7-5-10)16-13(14(15)17)11-3-2-8-18-9-11/h4-7,11,13,16H,2-3,8-9H2,1H3,(H2,15,17). The van der Waals surface area contributed by atoms with E-state index >= 15 is 0 Å². The number of amides is 1. The first-order valence-electron chi connectivity index (χ1n) is 6.37. The first-order valence-corrected chi connectivity index (χ1v) is 7.52. The summed E-state index contributed by atoms with van der Waals surface area (Å²) in [7, 11) is 0. The number of hydrogen-bond acceptors (Lipinski definition) is 3. The third-order valence-electron chi connectivity index (χ3n) is 3.35. The summed E-state index contributed by atoms with van der Waals surface area (Å²) in [5, 5.41) is 3.29. The first-order chi connectivity index (χ1) is 8.66. The van der Waals surface area contributed by atoms with Crippen LogP contribution >= 0.6 is 11.8 Å². The van der Waals surface area contributed by atoms with Gasteiger partial charge in [0.25, 0.3) is 0 Å². The van der Waals surface area contributed by atoms with Crippen LogP contribution in [0.2, 0.25) is 0 Å². The largest absolute Gasteiger partial charge is 0.373 e. The van der Waals surface area contributed by atoms with Crippen molar-refractivity contribution in [3.8, 4) is 0 Å². The van der Waals surface area contributed by atoms with Gasteiger partial charge in [0.1, 0.15) is 6.04 Å². The van der Waals surface area contributed by atoms with Crippen LogP contribution in [0, 0.1) is 12.8 Å². The summed E-state index contributed by atoms with van der Waals surface area (Å²) in [6.45, 7) is 2.05. The molecule has 18 heavy (non-hydrogen) atoms. The number of primary amides is 1. The van der Waals surface area contributed by atoms with E-state index in [4.69, 9.17) is 5.73 Å². The van der Waals surface area contributed by atoms with Crippen LogP contribution in [0.1, 0.15) is 18.4 Å². The molecule has 98 valence electrons. The number of aryl methyl sites for hydroxylation is 1. The molecule has 1 aromatic carbocycles. The quantitative estimate of drug-likeness (QED) is 0.878. The van der Waals surface area contributed by atoms with Crippen molar-refractivity contribution in [1.82, 2.24) is 0 Å². The minimum Gasteiger partial charge on any atom is -0.373 e. The van der Waals surface area contributed by atoms with Gasteiger partial charge in [0.2, 0.25) is 5.91 Å². The Morgan fingerprint density at radius 1 is 1.44 bits per heavy atom. The first kappa shape index (κ1) is 13.3. The molecule has 1 amide bonds. The fourth-order valence-corrected chi connectivity index (χ4v) is 3.48. The minimum atomic E-state index is -0.250. The van der Waals surface area contributed by atoms with E-state index in [1.54, 1.807) is 0 Å². The molecule has 2 rings (SSSR count). The molecule has 0 spiro atoms. The highest BCUT2D eigenvalue weighted by Crippen LogP contribution is 2.27. The van der Waals surface area contributed by atoms with E-state index in [-0.39, 0.29) is 11.9 Å². The van der Waals surface area contributed by atoms with E-state index in [2.05, 4.69) is 5.32 Å². The van der Waals surface area contributed by atoms with Crippen molar-refractivity contribution < 1.29 is 4.79 Å². The van der Waals surface area contributed by atoms with Gasteiger partial charge in [-0.25, -0.2) is 0 Å². The highest BCUT2D eigenvalue weighted by Gasteiger charge is 2.28. The molecule has 4 heteroatoms. The van der Waals surface area contributed by atoms with Gasteiger partial charge < -0.3 is 11.1 Å². The number of rotatable bonds is 4. The molecule has 1 aliphatic rings. The van der Waals surface area contributed by atoms with Gasteiger partial charge in [-0.2, -0.15) is 11.8 Å². The zero-order valence-electron chi connectivity index (χ0n) is 10.7. The molecule has 1 aromatic rings. The molecule has 3 nitrogen and oxygen atoms in total. The summed E-state index contributed by atoms with van der Waals surface area (Å²) < 4.78 is 0. The number of carbonyl (C=O) groups excluding carboxylic acids is 1. The summed E-state index contributed by atoms with van der Waals surface area (Å²) in [6.07, 6.45) is 2.26. The van der Waals surface area contributed by atoms with Crippen LogP contribution < -0.4 is 11.1 Å². The van der Waals surface area contributed by atoms with Crippen molar-refractivity contribution in [3.63, 3.8) is 0 Å². The second kappa shape index (κ2) is 6.14. The van der Waals surface area contributed by atoms with Crippen LogP contribution in [-0.2, 0) is 4.79 Å². The molecule has 0 aromatic heterocycles. The number of thioether (sulfide) groups is 1. The maximum absolute atomic E-state index is 11.6. The van der Waals surface area contributed by atoms with Gasteiger partial charge in [0, 0.05) is 5.69 Å². The van der Waals surface area contributed by atoms with E-state index in [0.29, 0.717) is 5.92 Å². The van der Waals surface area contributed by atoms with Gasteiger partial charge in [0.15, 0.2) is 0 Å². The van der Waals surface area contributed by atoms with Crippen molar-refractivity contribution >= 4 is 23.4 Å². The predicted octanol–water partition coefficient (Wildman–Crippen LogP) is 2.40. The second-order valence-corrected chi connectivity index (χ2v) is 6.02. The minimum absolute atomic E-state index is 0.247. The lowest BCUT2D eigenvalue weighted by Gasteiger charge is -2.29. The van der Waals surface area contributed by atoms with Crippen LogP contribution in [0.25, 0.3) is 0 Å². The van der Waals surface area contributed by atoms with Crippen LogP contribution in [0.15, 0.2) is 24.3 Å². The van der Waals surface area contributed by atoms with Crippen LogP contribution in [0.3, 0.4) is 0 Å². The molecular weight excluding hydrogens is 244 g/mol. The number of carbonyl (C=O) groups is 1. The van der Waals surface area contributed by atoms with E-state index in [1.807, 2.05) is 43.0 Å². The highest BCUT2D eigenvalue weighted by atomic mass is 32.2. The molecule has 0 aliphatic carbocycles. The highest BCUT2D eigenvalue weighted by molar-refractivity contribution is 7.99. The lowest BCUT2D eigenvalue weighted by atomic mass is 9.95. The van der Waals surface area contributed by atoms with E-state index < -0.39 is 0 Å². The summed E-state index contributed by atoms with van der Waals surface area (Å²) in [4.78, 5) is 11.6. The predicted molar refractivity (Wildman–Crippen MR) is 77.8 cm³/mol. The average molecular weight is 264 g/mol. The Morgan fingerprint density at radius 3 is 2.72 bits per heavy atom. The Labute approximate surface area is 113 Å². The summed E-state index contributed by atoms with van der Waals surface area (Å²) >= 11 is 1.91. The van der Waals surface area contributed by atoms with Crippen molar-refractivity contribution in [2.45, 2.75) is 25.8 Å². The Bertz CT molecular complexity index is 399. The van der Waals surface area contributed by atoms with Crippen molar-refractivity contribution in [2.24, 2.45) is 11.7 Å². The average Bonchev–Trinajstić information content (AvgIpc) is 2.38. The van der Waals surface area contributed by atoms with Crippen molar-refractivity contribution in [2.75, 3.05) is 16.8 Å². The van der Waals surface area contributed by atoms with Gasteiger partial charge in [0.05, 0.1) is 0 Å². The van der Waals surface area contributed by atoms with Crippen LogP contribution in [-0.4, -0.2) is 23.5 Å². The molecule has 0 bridgehead atoms. The lowest BCUT2D eigenvalue weighted by Crippen LogP contribution is -2.43. The molecule has 0 saturated carbocycles. The van der Waals surface area contributed by atoms with E-state index in [1.165, 1.54) is 17.7 Å². The second-order valence-electron chi connectivity index (χ2n) is 4.87. The van der Waals surface area contributed by atoms with E-state index in [0.717, 1.165) is 17.9 Å². The zero-order chi connectivity index (χ0) is 13.0. The van der Waals surface area contributed by atoms with E-state index in [9.17, 15) is 4.79 Å². The van der Waals surface area contributed by atoms with Gasteiger partial charge in [-0.1, -0.05) is 17.7 Å². The van der Waals surface area contributed by atoms with Crippen molar-refractivity contribution in [1.29, 1.82) is 0 Å². The van der Waals surface area contributed by atoms with Crippen LogP contribution in [0.5, 0.6) is 0 Å². The Balaban J connectivity index is 2.05. The van der Waals surface area contributed by atoms with Crippen molar-refractivity contribution in [3.05, 3.63) is 29.8 Å². The fourth-order valence-electron chi connectivity index (χ4n) is 2.28. The molecule has 3 N–H and O–H groups in total. The third-order valence-corrected chi connectivity index (χ3v) is 4.59. The molecule has 1 heterocycles. The van der Waals surface area contributed by atoms with Gasteiger partial charge >= 0.3 is 0 Å². The number of anilines is 1. The molecule has 1 saturated heterocycles. The Hall–Kier alpha value is -1.16. The molecule has 1 aliphatic heterocycles. The molecule has 1 fully saturated rings. The van der Waals surface area contributed by atoms with Gasteiger partial charge in [-0.05, 0) is 49.3 Å². The number of hydrogen-bond donors (Lipinski definition) is 2. The molecular formula is C14H20N2OS. The zero-order valence-corrected chi connectivity index (χ0v) is 11.5. The Morgan fingerprint density at radius 2 is 2.17 bits per heavy atom. The lowest BCUT2D eigenvalue weighted by molar-refractivity contribution is -0.119. The summed E-state index contributed by atoms with van der Waals surface area (Å²) in [6, 6.07) is 7.83. The smallest absolute Gasteiger partial charge is 0.240 e. The monoisotopic (exact) mass is 264 g/mol. The normalized spacial score (nSPS) is 21.3. The summed E-state index contributed by atoms with van der Waals surface area (Å²) in [5.41, 5.74) is 7.72. The molecule has 2 unspecified atom stereocenters. The molecule has 2 atom stereocenters. The SMILES string of the molecule is Cc1ccc(NC(C(N)=O)C2CCCSC2)cc1. The summed E-state index contributed by atoms with van der Waals surface area (Å²) in [5.74, 6) is 2.32. The number of benzene rings is 1. The van der Waals surface area contributed by atoms with Gasteiger partial charge in [-0.15, -0.1) is 0 Å². The fraction of sp³-hybridized carbons (Fsp3) is 0.500. The third kappa shape index (κ3) is 3.42. The van der Waals surface area contributed by atoms with Gasteiger partial charge in [-0.3, -0.25) is 4.79 Å². The molecule has 0 radical (unpaired) electrons. The number of nitrogens with one attached hydrogen (secondary N) is 1. The maximum atomic E-state index is 11.6. The maximum Gasteiger partial charge on any atom is 0.240 e. The topological polar surface area (TPSA) is 55.1 Å².